The fourth-order valence-corrected chi connectivity index (χ4v) is 2.34. The van der Waals surface area contributed by atoms with Crippen LogP contribution < -0.4 is 10.6 Å². The van der Waals surface area contributed by atoms with E-state index < -0.39 is 0 Å². The van der Waals surface area contributed by atoms with Crippen molar-refractivity contribution in [1.82, 2.24) is 10.6 Å². The van der Waals surface area contributed by atoms with Crippen LogP contribution in [-0.2, 0) is 0 Å². The van der Waals surface area contributed by atoms with Gasteiger partial charge in [-0.3, -0.25) is 4.99 Å². The monoisotopic (exact) mass is 283 g/mol. The third-order valence-corrected chi connectivity index (χ3v) is 3.62. The number of dihydropyridines is 1. The van der Waals surface area contributed by atoms with E-state index in [1.807, 2.05) is 19.2 Å². The Morgan fingerprint density at radius 3 is 2.57 bits per heavy atom. The quantitative estimate of drug-likeness (QED) is 0.817. The summed E-state index contributed by atoms with van der Waals surface area (Å²) in [7, 11) is 0. The van der Waals surface area contributed by atoms with Crippen molar-refractivity contribution in [2.75, 3.05) is 0 Å². The normalized spacial score (nSPS) is 24.4. The number of nitrogens with zero attached hydrogens (tertiary/aromatic N) is 1. The van der Waals surface area contributed by atoms with Gasteiger partial charge in [-0.1, -0.05) is 42.0 Å². The Hall–Kier alpha value is -2.36. The number of aliphatic imine (C=N–C) groups is 1. The number of benzene rings is 1. The molecule has 0 fully saturated rings. The van der Waals surface area contributed by atoms with Gasteiger partial charge in [-0.05, 0) is 19.4 Å². The van der Waals surface area contributed by atoms with Crippen molar-refractivity contribution in [1.29, 1.82) is 0 Å². The molecule has 0 spiro atoms. The maximum Gasteiger partial charge on any atom is 0.197 e. The first kappa shape index (κ1) is 13.6. The van der Waals surface area contributed by atoms with Crippen LogP contribution in [0.4, 0.5) is 4.39 Å². The fraction of sp³-hybridized carbons (Fsp3) is 0.235. The van der Waals surface area contributed by atoms with Crippen molar-refractivity contribution in [2.45, 2.75) is 25.9 Å². The Morgan fingerprint density at radius 1 is 1.19 bits per heavy atom. The predicted molar refractivity (Wildman–Crippen MR) is 83.5 cm³/mol. The predicted octanol–water partition coefficient (Wildman–Crippen LogP) is 3.28. The van der Waals surface area contributed by atoms with Gasteiger partial charge in [0.15, 0.2) is 5.95 Å². The average molecular weight is 283 g/mol. The van der Waals surface area contributed by atoms with E-state index in [9.17, 15) is 4.39 Å². The molecule has 2 aliphatic heterocycles. The summed E-state index contributed by atoms with van der Waals surface area (Å²) in [6, 6.07) is 8.32. The molecule has 0 saturated carbocycles. The second-order valence-corrected chi connectivity index (χ2v) is 5.38. The number of nitrogens with one attached hydrogen (secondary N) is 2. The average Bonchev–Trinajstić information content (AvgIpc) is 2.48. The van der Waals surface area contributed by atoms with E-state index in [1.54, 1.807) is 12.3 Å². The van der Waals surface area contributed by atoms with E-state index in [0.717, 1.165) is 5.56 Å². The standard InChI is InChI=1S/C17H18FN3/c1-11-3-6-13(7-4-11)15-9-20-16(10-19-15)14-8-5-12(2)21-17(14)18/h3-10,12,15,19,21H,1-2H3. The highest BCUT2D eigenvalue weighted by atomic mass is 19.1. The third kappa shape index (κ3) is 2.89. The molecule has 0 aliphatic carbocycles. The van der Waals surface area contributed by atoms with Gasteiger partial charge in [0, 0.05) is 18.5 Å². The summed E-state index contributed by atoms with van der Waals surface area (Å²) >= 11 is 0. The lowest BCUT2D eigenvalue weighted by Gasteiger charge is -2.21. The smallest absolute Gasteiger partial charge is 0.197 e. The third-order valence-electron chi connectivity index (χ3n) is 3.62. The van der Waals surface area contributed by atoms with E-state index in [-0.39, 0.29) is 18.0 Å². The lowest BCUT2D eigenvalue weighted by molar-refractivity contribution is 0.508. The molecule has 21 heavy (non-hydrogen) atoms. The molecule has 0 bridgehead atoms. The molecule has 0 amide bonds. The molecule has 4 heteroatoms. The molecule has 1 aromatic rings. The summed E-state index contributed by atoms with van der Waals surface area (Å²) in [5, 5.41) is 6.02. The second-order valence-electron chi connectivity index (χ2n) is 5.38. The Kier molecular flexibility index (Phi) is 3.60. The van der Waals surface area contributed by atoms with E-state index >= 15 is 0 Å². The Balaban J connectivity index is 1.76. The van der Waals surface area contributed by atoms with Crippen molar-refractivity contribution < 1.29 is 4.39 Å². The maximum atomic E-state index is 13.9. The lowest BCUT2D eigenvalue weighted by atomic mass is 10.0. The van der Waals surface area contributed by atoms with Crippen molar-refractivity contribution in [3.05, 3.63) is 71.0 Å². The van der Waals surface area contributed by atoms with Gasteiger partial charge in [-0.25, -0.2) is 0 Å². The minimum Gasteiger partial charge on any atom is -0.377 e. The van der Waals surface area contributed by atoms with Crippen molar-refractivity contribution in [3.8, 4) is 0 Å². The van der Waals surface area contributed by atoms with Crippen molar-refractivity contribution >= 4 is 6.21 Å². The zero-order chi connectivity index (χ0) is 14.8. The molecule has 3 nitrogen and oxygen atoms in total. The second kappa shape index (κ2) is 5.56. The van der Waals surface area contributed by atoms with Crippen LogP contribution in [0.1, 0.15) is 24.1 Å². The number of allylic oxidation sites excluding steroid dienone is 1. The minimum absolute atomic E-state index is 0.00943. The molecule has 2 N–H and O–H groups in total. The zero-order valence-corrected chi connectivity index (χ0v) is 12.1. The zero-order valence-electron chi connectivity index (χ0n) is 12.1. The van der Waals surface area contributed by atoms with Gasteiger partial charge in [0.25, 0.3) is 0 Å². The molecule has 108 valence electrons. The summed E-state index contributed by atoms with van der Waals surface area (Å²) in [6.07, 6.45) is 7.27. The van der Waals surface area contributed by atoms with Gasteiger partial charge in [0.05, 0.1) is 17.3 Å². The number of aryl methyl sites for hydroxylation is 1. The highest BCUT2D eigenvalue weighted by molar-refractivity contribution is 5.71. The fourth-order valence-electron chi connectivity index (χ4n) is 2.34. The molecular formula is C17H18FN3. The van der Waals surface area contributed by atoms with Crippen LogP contribution in [0.3, 0.4) is 0 Å². The first-order chi connectivity index (χ1) is 10.1. The molecule has 2 heterocycles. The first-order valence-corrected chi connectivity index (χ1v) is 7.05. The van der Waals surface area contributed by atoms with Gasteiger partial charge in [-0.15, -0.1) is 0 Å². The molecule has 0 radical (unpaired) electrons. The largest absolute Gasteiger partial charge is 0.377 e. The van der Waals surface area contributed by atoms with Gasteiger partial charge in [-0.2, -0.15) is 4.39 Å². The molecule has 0 saturated heterocycles. The molecular weight excluding hydrogens is 265 g/mol. The van der Waals surface area contributed by atoms with E-state index in [1.165, 1.54) is 5.56 Å². The van der Waals surface area contributed by atoms with Gasteiger partial charge in [0.1, 0.15) is 0 Å². The van der Waals surface area contributed by atoms with E-state index in [4.69, 9.17) is 0 Å². The molecule has 2 aliphatic rings. The van der Waals surface area contributed by atoms with Crippen LogP contribution in [0.5, 0.6) is 0 Å². The van der Waals surface area contributed by atoms with Crippen LogP contribution in [0.15, 0.2) is 64.8 Å². The number of hydrogen-bond acceptors (Lipinski definition) is 3. The molecule has 1 aromatic carbocycles. The molecule has 0 aromatic heterocycles. The minimum atomic E-state index is -0.330. The van der Waals surface area contributed by atoms with Crippen LogP contribution in [-0.4, -0.2) is 12.3 Å². The molecule has 2 unspecified atom stereocenters. The van der Waals surface area contributed by atoms with Crippen LogP contribution in [0.2, 0.25) is 0 Å². The first-order valence-electron chi connectivity index (χ1n) is 7.05. The topological polar surface area (TPSA) is 36.4 Å². The van der Waals surface area contributed by atoms with E-state index in [0.29, 0.717) is 11.3 Å². The van der Waals surface area contributed by atoms with E-state index in [2.05, 4.69) is 46.8 Å². The summed E-state index contributed by atoms with van der Waals surface area (Å²) in [5.41, 5.74) is 3.45. The van der Waals surface area contributed by atoms with Crippen LogP contribution >= 0.6 is 0 Å². The highest BCUT2D eigenvalue weighted by Crippen LogP contribution is 2.24. The highest BCUT2D eigenvalue weighted by Gasteiger charge is 2.18. The van der Waals surface area contributed by atoms with Crippen molar-refractivity contribution in [3.63, 3.8) is 0 Å². The SMILES string of the molecule is Cc1ccc(C2C=NC(C3=C(F)NC(C)C=C3)=CN2)cc1. The van der Waals surface area contributed by atoms with Crippen LogP contribution in [0.25, 0.3) is 0 Å². The Morgan fingerprint density at radius 2 is 1.95 bits per heavy atom. The lowest BCUT2D eigenvalue weighted by Crippen LogP contribution is -2.27. The van der Waals surface area contributed by atoms with Crippen LogP contribution in [0, 0.1) is 6.92 Å². The maximum absolute atomic E-state index is 13.9. The molecule has 3 rings (SSSR count). The Bertz CT molecular complexity index is 653. The van der Waals surface area contributed by atoms with Crippen molar-refractivity contribution in [2.24, 2.45) is 4.99 Å². The van der Waals surface area contributed by atoms with Gasteiger partial charge in [0.2, 0.25) is 0 Å². The molecule has 2 atom stereocenters. The summed E-state index contributed by atoms with van der Waals surface area (Å²) in [6.45, 7) is 3.96. The van der Waals surface area contributed by atoms with Gasteiger partial charge >= 0.3 is 0 Å². The summed E-state index contributed by atoms with van der Waals surface area (Å²) in [5.74, 6) is -0.330. The summed E-state index contributed by atoms with van der Waals surface area (Å²) in [4.78, 5) is 4.39. The number of hydrogen-bond donors (Lipinski definition) is 2. The number of halogens is 1. The summed E-state index contributed by atoms with van der Waals surface area (Å²) < 4.78 is 13.9. The van der Waals surface area contributed by atoms with Gasteiger partial charge < -0.3 is 10.6 Å². The Labute approximate surface area is 124 Å². The number of rotatable bonds is 2.